The Labute approximate surface area is 207 Å². The molecular formula is C27H26N6O3. The molecule has 9 heteroatoms. The van der Waals surface area contributed by atoms with Gasteiger partial charge in [0.2, 0.25) is 11.7 Å². The third-order valence-corrected chi connectivity index (χ3v) is 5.99. The van der Waals surface area contributed by atoms with Crippen LogP contribution in [0.2, 0.25) is 0 Å². The Morgan fingerprint density at radius 3 is 2.61 bits per heavy atom. The molecule has 1 amide bonds. The molecule has 0 spiro atoms. The van der Waals surface area contributed by atoms with Gasteiger partial charge in [0.15, 0.2) is 5.65 Å². The van der Waals surface area contributed by atoms with Crippen molar-refractivity contribution in [3.8, 4) is 22.8 Å². The molecule has 0 aliphatic heterocycles. The van der Waals surface area contributed by atoms with Crippen LogP contribution in [0, 0.1) is 6.92 Å². The Morgan fingerprint density at radius 1 is 1.06 bits per heavy atom. The van der Waals surface area contributed by atoms with E-state index in [1.165, 1.54) is 9.96 Å². The number of nitrogens with one attached hydrogen (secondary N) is 1. The van der Waals surface area contributed by atoms with E-state index in [2.05, 4.69) is 32.7 Å². The Morgan fingerprint density at radius 2 is 1.83 bits per heavy atom. The summed E-state index contributed by atoms with van der Waals surface area (Å²) in [6.07, 6.45) is 3.25. The molecule has 2 aromatic carbocycles. The zero-order chi connectivity index (χ0) is 25.1. The quantitative estimate of drug-likeness (QED) is 0.362. The minimum absolute atomic E-state index is 0.0420. The molecule has 0 radical (unpaired) electrons. The van der Waals surface area contributed by atoms with Crippen molar-refractivity contribution in [3.05, 3.63) is 94.5 Å². The lowest BCUT2D eigenvalue weighted by molar-refractivity contribution is -0.122. The van der Waals surface area contributed by atoms with Crippen LogP contribution in [-0.2, 0) is 17.8 Å². The van der Waals surface area contributed by atoms with E-state index in [0.29, 0.717) is 17.0 Å². The van der Waals surface area contributed by atoms with Crippen molar-refractivity contribution in [1.29, 1.82) is 0 Å². The Kier molecular flexibility index (Phi) is 6.44. The molecule has 3 aromatic heterocycles. The number of rotatable bonds is 8. The van der Waals surface area contributed by atoms with Crippen molar-refractivity contribution in [2.24, 2.45) is 0 Å². The van der Waals surface area contributed by atoms with Gasteiger partial charge in [0.05, 0.1) is 5.56 Å². The van der Waals surface area contributed by atoms with E-state index in [1.54, 1.807) is 18.3 Å². The number of amides is 1. The lowest BCUT2D eigenvalue weighted by Gasteiger charge is -2.13. The third kappa shape index (κ3) is 4.95. The maximum absolute atomic E-state index is 12.9. The van der Waals surface area contributed by atoms with E-state index in [1.807, 2.05) is 56.3 Å². The average molecular weight is 483 g/mol. The highest BCUT2D eigenvalue weighted by molar-refractivity contribution is 5.76. The monoisotopic (exact) mass is 482 g/mol. The van der Waals surface area contributed by atoms with E-state index in [4.69, 9.17) is 4.52 Å². The summed E-state index contributed by atoms with van der Waals surface area (Å²) in [6, 6.07) is 21.3. The van der Waals surface area contributed by atoms with E-state index >= 15 is 0 Å². The molecule has 5 rings (SSSR count). The smallest absolute Gasteiger partial charge is 0.350 e. The van der Waals surface area contributed by atoms with E-state index in [0.717, 1.165) is 28.7 Å². The second-order valence-electron chi connectivity index (χ2n) is 8.84. The van der Waals surface area contributed by atoms with Crippen LogP contribution in [0.15, 0.2) is 82.2 Å². The van der Waals surface area contributed by atoms with Gasteiger partial charge in [0.25, 0.3) is 5.89 Å². The lowest BCUT2D eigenvalue weighted by Crippen LogP contribution is -2.37. The standard InChI is InChI=1S/C27H26N6O3/c1-18-10-14-21(15-11-18)24-29-26(36-31-24)22-9-6-16-32-25(22)30-33(27(32)35)17-23(34)28-19(2)12-13-20-7-4-3-5-8-20/h3-11,14-16,19H,12-13,17H2,1-2H3,(H,28,34)/t19-/m1/s1. The fraction of sp³-hybridized carbons (Fsp3) is 0.222. The first kappa shape index (κ1) is 23.2. The second-order valence-corrected chi connectivity index (χ2v) is 8.84. The Hall–Kier alpha value is -4.53. The van der Waals surface area contributed by atoms with Gasteiger partial charge in [-0.15, -0.1) is 5.10 Å². The largest absolute Gasteiger partial charge is 0.352 e. The highest BCUT2D eigenvalue weighted by Gasteiger charge is 2.19. The average Bonchev–Trinajstić information content (AvgIpc) is 3.49. The summed E-state index contributed by atoms with van der Waals surface area (Å²) < 4.78 is 8.01. The summed E-state index contributed by atoms with van der Waals surface area (Å²) in [7, 11) is 0. The number of benzene rings is 2. The van der Waals surface area contributed by atoms with Crippen molar-refractivity contribution >= 4 is 11.6 Å². The van der Waals surface area contributed by atoms with Crippen LogP contribution in [-0.4, -0.2) is 36.3 Å². The first-order chi connectivity index (χ1) is 17.5. The molecule has 1 N–H and O–H groups in total. The molecule has 1 atom stereocenters. The Balaban J connectivity index is 1.32. The summed E-state index contributed by atoms with van der Waals surface area (Å²) in [5.41, 5.74) is 3.60. The summed E-state index contributed by atoms with van der Waals surface area (Å²) in [5, 5.41) is 11.4. The van der Waals surface area contributed by atoms with Gasteiger partial charge in [-0.2, -0.15) is 4.98 Å². The number of fused-ring (bicyclic) bond motifs is 1. The van der Waals surface area contributed by atoms with Gasteiger partial charge in [-0.25, -0.2) is 13.9 Å². The maximum Gasteiger partial charge on any atom is 0.350 e. The van der Waals surface area contributed by atoms with Crippen molar-refractivity contribution in [3.63, 3.8) is 0 Å². The normalized spacial score (nSPS) is 12.1. The van der Waals surface area contributed by atoms with Crippen LogP contribution in [0.3, 0.4) is 0 Å². The van der Waals surface area contributed by atoms with Gasteiger partial charge in [-0.05, 0) is 44.4 Å². The number of nitrogens with zero attached hydrogens (tertiary/aromatic N) is 5. The molecule has 9 nitrogen and oxygen atoms in total. The minimum Gasteiger partial charge on any atom is -0.352 e. The number of pyridine rings is 1. The number of aromatic nitrogens is 5. The SMILES string of the molecule is Cc1ccc(-c2noc(-c3cccn4c(=O)n(CC(=O)N[C@H](C)CCc5ccccc5)nc34)n2)cc1. The number of hydrogen-bond acceptors (Lipinski definition) is 6. The fourth-order valence-corrected chi connectivity index (χ4v) is 4.02. The van der Waals surface area contributed by atoms with Gasteiger partial charge in [-0.3, -0.25) is 4.79 Å². The van der Waals surface area contributed by atoms with Gasteiger partial charge >= 0.3 is 5.69 Å². The highest BCUT2D eigenvalue weighted by atomic mass is 16.5. The molecular weight excluding hydrogens is 456 g/mol. The topological polar surface area (TPSA) is 107 Å². The van der Waals surface area contributed by atoms with Gasteiger partial charge in [-0.1, -0.05) is 65.3 Å². The minimum atomic E-state index is -0.419. The molecule has 0 bridgehead atoms. The van der Waals surface area contributed by atoms with Crippen molar-refractivity contribution in [1.82, 2.24) is 29.6 Å². The van der Waals surface area contributed by atoms with E-state index in [-0.39, 0.29) is 24.4 Å². The number of hydrogen-bond donors (Lipinski definition) is 1. The van der Waals surface area contributed by atoms with E-state index in [9.17, 15) is 9.59 Å². The highest BCUT2D eigenvalue weighted by Crippen LogP contribution is 2.24. The van der Waals surface area contributed by atoms with Crippen LogP contribution in [0.1, 0.15) is 24.5 Å². The molecule has 36 heavy (non-hydrogen) atoms. The van der Waals surface area contributed by atoms with Crippen LogP contribution >= 0.6 is 0 Å². The molecule has 0 unspecified atom stereocenters. The molecule has 0 saturated heterocycles. The summed E-state index contributed by atoms with van der Waals surface area (Å²) >= 11 is 0. The van der Waals surface area contributed by atoms with E-state index < -0.39 is 5.69 Å². The van der Waals surface area contributed by atoms with Crippen LogP contribution in [0.5, 0.6) is 0 Å². The van der Waals surface area contributed by atoms with Gasteiger partial charge in [0.1, 0.15) is 6.54 Å². The summed E-state index contributed by atoms with van der Waals surface area (Å²) in [5.74, 6) is 0.409. The molecule has 5 aromatic rings. The third-order valence-electron chi connectivity index (χ3n) is 5.99. The zero-order valence-corrected chi connectivity index (χ0v) is 20.1. The number of carbonyl (C=O) groups excluding carboxylic acids is 1. The van der Waals surface area contributed by atoms with Crippen LogP contribution < -0.4 is 11.0 Å². The predicted octanol–water partition coefficient (Wildman–Crippen LogP) is 3.66. The summed E-state index contributed by atoms with van der Waals surface area (Å²) in [6.45, 7) is 3.77. The number of carbonyl (C=O) groups is 1. The predicted molar refractivity (Wildman–Crippen MR) is 135 cm³/mol. The number of aryl methyl sites for hydroxylation is 2. The van der Waals surface area contributed by atoms with Crippen molar-refractivity contribution in [2.75, 3.05) is 0 Å². The molecule has 0 saturated carbocycles. The molecule has 0 fully saturated rings. The zero-order valence-electron chi connectivity index (χ0n) is 20.1. The summed E-state index contributed by atoms with van der Waals surface area (Å²) in [4.78, 5) is 30.1. The van der Waals surface area contributed by atoms with Gasteiger partial charge < -0.3 is 9.84 Å². The van der Waals surface area contributed by atoms with Crippen LogP contribution in [0.4, 0.5) is 0 Å². The molecule has 182 valence electrons. The molecule has 0 aliphatic rings. The van der Waals surface area contributed by atoms with Crippen molar-refractivity contribution in [2.45, 2.75) is 39.3 Å². The second kappa shape index (κ2) is 9.99. The first-order valence-electron chi connectivity index (χ1n) is 11.8. The fourth-order valence-electron chi connectivity index (χ4n) is 4.02. The maximum atomic E-state index is 12.9. The molecule has 3 heterocycles. The van der Waals surface area contributed by atoms with Crippen molar-refractivity contribution < 1.29 is 9.32 Å². The first-order valence-corrected chi connectivity index (χ1v) is 11.8. The molecule has 0 aliphatic carbocycles. The van der Waals surface area contributed by atoms with Gasteiger partial charge in [0, 0.05) is 17.8 Å². The van der Waals surface area contributed by atoms with Crippen LogP contribution in [0.25, 0.3) is 28.5 Å². The lowest BCUT2D eigenvalue weighted by atomic mass is 10.1. The Bertz CT molecular complexity index is 1550.